The molecule has 2 rings (SSSR count). The lowest BCUT2D eigenvalue weighted by atomic mass is 10.1. The molecule has 1 amide bonds. The van der Waals surface area contributed by atoms with Crippen LogP contribution in [0.4, 0.5) is 0 Å². The standard InChI is InChI=1S/C22H29NO2S/c1-5-20(25-21-14-17(3)6-9-18(21)4)22(24)23-12-13-26-15-19-10-7-16(2)8-11-19/h6-11,14,20H,5,12-13,15H2,1-4H3,(H,23,24). The molecule has 0 aliphatic rings. The predicted molar refractivity (Wildman–Crippen MR) is 111 cm³/mol. The number of thioether (sulfide) groups is 1. The summed E-state index contributed by atoms with van der Waals surface area (Å²) in [6.07, 6.45) is 0.202. The van der Waals surface area contributed by atoms with Crippen LogP contribution in [0.2, 0.25) is 0 Å². The number of hydrogen-bond donors (Lipinski definition) is 1. The van der Waals surface area contributed by atoms with Crippen molar-refractivity contribution in [1.82, 2.24) is 5.32 Å². The Bertz CT molecular complexity index is 713. The fourth-order valence-electron chi connectivity index (χ4n) is 2.54. The number of rotatable bonds is 9. The van der Waals surface area contributed by atoms with Crippen LogP contribution in [-0.2, 0) is 10.5 Å². The molecule has 0 saturated carbocycles. The number of ether oxygens (including phenoxy) is 1. The molecule has 3 nitrogen and oxygen atoms in total. The molecule has 26 heavy (non-hydrogen) atoms. The zero-order valence-corrected chi connectivity index (χ0v) is 17.0. The van der Waals surface area contributed by atoms with Gasteiger partial charge in [0.1, 0.15) is 5.75 Å². The highest BCUT2D eigenvalue weighted by molar-refractivity contribution is 7.98. The van der Waals surface area contributed by atoms with Gasteiger partial charge in [-0.25, -0.2) is 0 Å². The molecule has 0 aliphatic heterocycles. The first-order valence-corrected chi connectivity index (χ1v) is 10.3. The molecule has 0 fully saturated rings. The van der Waals surface area contributed by atoms with Gasteiger partial charge in [0.05, 0.1) is 0 Å². The molecule has 2 aromatic carbocycles. The van der Waals surface area contributed by atoms with E-state index in [4.69, 9.17) is 4.74 Å². The SMILES string of the molecule is CCC(Oc1cc(C)ccc1C)C(=O)NCCSCc1ccc(C)cc1. The fourth-order valence-corrected chi connectivity index (χ4v) is 3.36. The molecule has 4 heteroatoms. The topological polar surface area (TPSA) is 38.3 Å². The maximum absolute atomic E-state index is 12.4. The Morgan fingerprint density at radius 1 is 1.08 bits per heavy atom. The van der Waals surface area contributed by atoms with Crippen LogP contribution in [0.3, 0.4) is 0 Å². The molecule has 0 bridgehead atoms. The minimum Gasteiger partial charge on any atom is -0.480 e. The van der Waals surface area contributed by atoms with Gasteiger partial charge in [0.2, 0.25) is 0 Å². The Hall–Kier alpha value is -1.94. The summed E-state index contributed by atoms with van der Waals surface area (Å²) < 4.78 is 5.96. The van der Waals surface area contributed by atoms with Crippen molar-refractivity contribution in [2.75, 3.05) is 12.3 Å². The highest BCUT2D eigenvalue weighted by Gasteiger charge is 2.18. The second-order valence-corrected chi connectivity index (χ2v) is 7.72. The number of aryl methyl sites for hydroxylation is 3. The summed E-state index contributed by atoms with van der Waals surface area (Å²) in [4.78, 5) is 12.4. The monoisotopic (exact) mass is 371 g/mol. The van der Waals surface area contributed by atoms with Gasteiger partial charge < -0.3 is 10.1 Å². The Morgan fingerprint density at radius 2 is 1.77 bits per heavy atom. The Labute approximate surface area is 161 Å². The molecule has 1 N–H and O–H groups in total. The van der Waals surface area contributed by atoms with Gasteiger partial charge >= 0.3 is 0 Å². The number of nitrogens with one attached hydrogen (secondary N) is 1. The first-order valence-electron chi connectivity index (χ1n) is 9.14. The van der Waals surface area contributed by atoms with Gasteiger partial charge in [-0.2, -0.15) is 11.8 Å². The van der Waals surface area contributed by atoms with Crippen LogP contribution < -0.4 is 10.1 Å². The summed E-state index contributed by atoms with van der Waals surface area (Å²) in [5.41, 5.74) is 4.78. The molecule has 0 heterocycles. The van der Waals surface area contributed by atoms with E-state index in [1.807, 2.05) is 44.7 Å². The van der Waals surface area contributed by atoms with Crippen molar-refractivity contribution in [3.05, 3.63) is 64.7 Å². The van der Waals surface area contributed by atoms with Crippen molar-refractivity contribution in [2.45, 2.75) is 46.0 Å². The highest BCUT2D eigenvalue weighted by Crippen LogP contribution is 2.21. The first kappa shape index (κ1) is 20.4. The van der Waals surface area contributed by atoms with E-state index in [0.29, 0.717) is 13.0 Å². The molecule has 1 atom stereocenters. The minimum atomic E-state index is -0.447. The average Bonchev–Trinajstić information content (AvgIpc) is 2.63. The number of hydrogen-bond acceptors (Lipinski definition) is 3. The quantitative estimate of drug-likeness (QED) is 0.642. The van der Waals surface area contributed by atoms with Crippen LogP contribution >= 0.6 is 11.8 Å². The van der Waals surface area contributed by atoms with Gasteiger partial charge in [-0.1, -0.05) is 48.9 Å². The largest absolute Gasteiger partial charge is 0.480 e. The van der Waals surface area contributed by atoms with E-state index in [9.17, 15) is 4.79 Å². The third-order valence-electron chi connectivity index (χ3n) is 4.21. The van der Waals surface area contributed by atoms with E-state index >= 15 is 0 Å². The molecule has 0 aliphatic carbocycles. The van der Waals surface area contributed by atoms with E-state index in [2.05, 4.69) is 42.6 Å². The Kier molecular flexibility index (Phi) is 8.05. The van der Waals surface area contributed by atoms with Gasteiger partial charge in [-0.05, 0) is 49.9 Å². The first-order chi connectivity index (χ1) is 12.5. The van der Waals surface area contributed by atoms with Crippen LogP contribution in [0.1, 0.15) is 35.6 Å². The molecular weight excluding hydrogens is 342 g/mol. The van der Waals surface area contributed by atoms with E-state index in [-0.39, 0.29) is 5.91 Å². The maximum Gasteiger partial charge on any atom is 0.261 e. The zero-order valence-electron chi connectivity index (χ0n) is 16.2. The summed E-state index contributed by atoms with van der Waals surface area (Å²) in [5.74, 6) is 2.61. The Balaban J connectivity index is 1.74. The molecule has 2 aromatic rings. The molecule has 0 radical (unpaired) electrons. The highest BCUT2D eigenvalue weighted by atomic mass is 32.2. The molecular formula is C22H29NO2S. The summed E-state index contributed by atoms with van der Waals surface area (Å²) in [7, 11) is 0. The van der Waals surface area contributed by atoms with Crippen LogP contribution in [0.15, 0.2) is 42.5 Å². The van der Waals surface area contributed by atoms with Crippen LogP contribution in [-0.4, -0.2) is 24.3 Å². The van der Waals surface area contributed by atoms with E-state index in [1.165, 1.54) is 11.1 Å². The predicted octanol–water partition coefficient (Wildman–Crippen LogP) is 4.82. The molecule has 140 valence electrons. The van der Waals surface area contributed by atoms with E-state index in [0.717, 1.165) is 28.4 Å². The van der Waals surface area contributed by atoms with E-state index in [1.54, 1.807) is 0 Å². The van der Waals surface area contributed by atoms with Crippen molar-refractivity contribution >= 4 is 17.7 Å². The fraction of sp³-hybridized carbons (Fsp3) is 0.409. The van der Waals surface area contributed by atoms with E-state index < -0.39 is 6.10 Å². The van der Waals surface area contributed by atoms with Crippen LogP contribution in [0, 0.1) is 20.8 Å². The normalized spacial score (nSPS) is 11.8. The molecule has 0 saturated heterocycles. The van der Waals surface area contributed by atoms with Crippen molar-refractivity contribution in [1.29, 1.82) is 0 Å². The van der Waals surface area contributed by atoms with Crippen molar-refractivity contribution in [2.24, 2.45) is 0 Å². The second kappa shape index (κ2) is 10.3. The van der Waals surface area contributed by atoms with Crippen molar-refractivity contribution in [3.8, 4) is 5.75 Å². The second-order valence-electron chi connectivity index (χ2n) is 6.61. The summed E-state index contributed by atoms with van der Waals surface area (Å²) >= 11 is 1.83. The third kappa shape index (κ3) is 6.41. The van der Waals surface area contributed by atoms with Gasteiger partial charge in [-0.15, -0.1) is 0 Å². The molecule has 0 spiro atoms. The van der Waals surface area contributed by atoms with Gasteiger partial charge in [0.25, 0.3) is 5.91 Å². The summed E-state index contributed by atoms with van der Waals surface area (Å²) in [6.45, 7) is 8.75. The number of amides is 1. The van der Waals surface area contributed by atoms with Gasteiger partial charge in [0.15, 0.2) is 6.10 Å². The zero-order chi connectivity index (χ0) is 18.9. The summed E-state index contributed by atoms with van der Waals surface area (Å²) in [6, 6.07) is 14.6. The number of carbonyl (C=O) groups excluding carboxylic acids is 1. The van der Waals surface area contributed by atoms with Gasteiger partial charge in [-0.3, -0.25) is 4.79 Å². The van der Waals surface area contributed by atoms with Crippen LogP contribution in [0.5, 0.6) is 5.75 Å². The van der Waals surface area contributed by atoms with Gasteiger partial charge in [0, 0.05) is 18.1 Å². The van der Waals surface area contributed by atoms with Crippen molar-refractivity contribution < 1.29 is 9.53 Å². The van der Waals surface area contributed by atoms with Crippen molar-refractivity contribution in [3.63, 3.8) is 0 Å². The third-order valence-corrected chi connectivity index (χ3v) is 5.24. The maximum atomic E-state index is 12.4. The molecule has 1 unspecified atom stereocenters. The minimum absolute atomic E-state index is 0.0376. The lowest BCUT2D eigenvalue weighted by Gasteiger charge is -2.19. The smallest absolute Gasteiger partial charge is 0.261 e. The van der Waals surface area contributed by atoms with Crippen LogP contribution in [0.25, 0.3) is 0 Å². The lowest BCUT2D eigenvalue weighted by Crippen LogP contribution is -2.39. The Morgan fingerprint density at radius 3 is 2.46 bits per heavy atom. The molecule has 0 aromatic heterocycles. The lowest BCUT2D eigenvalue weighted by molar-refractivity contribution is -0.128. The average molecular weight is 372 g/mol. The summed E-state index contributed by atoms with van der Waals surface area (Å²) in [5, 5.41) is 3.00. The number of carbonyl (C=O) groups is 1. The number of benzene rings is 2.